The molecule has 4 rings (SSSR count). The number of amides is 1. The van der Waals surface area contributed by atoms with Crippen LogP contribution in [0.3, 0.4) is 0 Å². The fourth-order valence-corrected chi connectivity index (χ4v) is 3.96. The van der Waals surface area contributed by atoms with Gasteiger partial charge in [0.1, 0.15) is 5.82 Å². The molecule has 7 heteroatoms. The van der Waals surface area contributed by atoms with Crippen LogP contribution in [0, 0.1) is 6.92 Å². The molecule has 0 atom stereocenters. The van der Waals surface area contributed by atoms with Crippen LogP contribution in [-0.4, -0.2) is 43.6 Å². The van der Waals surface area contributed by atoms with Crippen LogP contribution in [0.5, 0.6) is 0 Å². The molecule has 0 bridgehead atoms. The van der Waals surface area contributed by atoms with Crippen molar-refractivity contribution in [3.8, 4) is 0 Å². The molecule has 146 valence electrons. The Bertz CT molecular complexity index is 1010. The van der Waals surface area contributed by atoms with Crippen LogP contribution < -0.4 is 15.1 Å². The summed E-state index contributed by atoms with van der Waals surface area (Å²) in [5, 5.41) is 3.93. The lowest BCUT2D eigenvalue weighted by atomic mass is 10.1. The van der Waals surface area contributed by atoms with Gasteiger partial charge in [-0.3, -0.25) is 4.79 Å². The van der Waals surface area contributed by atoms with Crippen LogP contribution >= 0.6 is 15.9 Å². The van der Waals surface area contributed by atoms with E-state index in [1.54, 1.807) is 17.0 Å². The number of nitrogens with one attached hydrogen (secondary N) is 2. The third kappa shape index (κ3) is 3.91. The molecule has 1 aromatic carbocycles. The summed E-state index contributed by atoms with van der Waals surface area (Å²) in [6, 6.07) is 11.3. The summed E-state index contributed by atoms with van der Waals surface area (Å²) in [5.74, 6) is 1.03. The number of pyridine rings is 1. The van der Waals surface area contributed by atoms with Crippen molar-refractivity contribution in [1.82, 2.24) is 4.98 Å². The Morgan fingerprint density at radius 2 is 2.04 bits per heavy atom. The molecular weight excluding hydrogens is 420 g/mol. The number of hydrogen-bond donors (Lipinski definition) is 2. The molecule has 2 aromatic heterocycles. The number of hydrogen-bond acceptors (Lipinski definition) is 4. The monoisotopic (exact) mass is 443 g/mol. The molecule has 0 radical (unpaired) electrons. The van der Waals surface area contributed by atoms with Gasteiger partial charge in [0.25, 0.3) is 5.91 Å². The minimum Gasteiger partial charge on any atom is -0.444 e. The van der Waals surface area contributed by atoms with Crippen molar-refractivity contribution in [2.45, 2.75) is 13.8 Å². The van der Waals surface area contributed by atoms with Gasteiger partial charge in [-0.05, 0) is 71.7 Å². The second-order valence-electron chi connectivity index (χ2n) is 7.18. The zero-order chi connectivity index (χ0) is 19.7. The van der Waals surface area contributed by atoms with E-state index in [4.69, 9.17) is 9.40 Å². The van der Waals surface area contributed by atoms with E-state index in [1.807, 2.05) is 18.2 Å². The zero-order valence-electron chi connectivity index (χ0n) is 16.1. The number of fused-ring (bicyclic) bond motifs is 1. The van der Waals surface area contributed by atoms with Gasteiger partial charge in [0.05, 0.1) is 38.2 Å². The molecule has 6 nitrogen and oxygen atoms in total. The summed E-state index contributed by atoms with van der Waals surface area (Å²) >= 11 is 3.21. The summed E-state index contributed by atoms with van der Waals surface area (Å²) in [6.45, 7) is 9.90. The number of aromatic nitrogens is 1. The van der Waals surface area contributed by atoms with Crippen LogP contribution in [0.25, 0.3) is 10.9 Å². The van der Waals surface area contributed by atoms with Gasteiger partial charge >= 0.3 is 0 Å². The van der Waals surface area contributed by atoms with Gasteiger partial charge in [-0.1, -0.05) is 0 Å². The zero-order valence-corrected chi connectivity index (χ0v) is 17.7. The van der Waals surface area contributed by atoms with Gasteiger partial charge in [0, 0.05) is 11.1 Å². The summed E-state index contributed by atoms with van der Waals surface area (Å²) < 4.78 is 5.84. The minimum absolute atomic E-state index is 0.269. The lowest BCUT2D eigenvalue weighted by Gasteiger charge is -2.32. The first-order valence-electron chi connectivity index (χ1n) is 9.60. The number of aryl methyl sites for hydroxylation is 1. The fraction of sp³-hybridized carbons (Fsp3) is 0.333. The van der Waals surface area contributed by atoms with Crippen molar-refractivity contribution in [1.29, 1.82) is 0 Å². The van der Waals surface area contributed by atoms with E-state index in [1.165, 1.54) is 6.54 Å². The molecule has 0 unspecified atom stereocenters. The van der Waals surface area contributed by atoms with Gasteiger partial charge in [-0.2, -0.15) is 0 Å². The molecule has 28 heavy (non-hydrogen) atoms. The van der Waals surface area contributed by atoms with Gasteiger partial charge in [0.2, 0.25) is 0 Å². The first-order chi connectivity index (χ1) is 13.5. The molecule has 1 aliphatic heterocycles. The Balaban J connectivity index is 1.55. The maximum absolute atomic E-state index is 12.3. The van der Waals surface area contributed by atoms with Crippen LogP contribution in [0.2, 0.25) is 0 Å². The number of anilines is 2. The Labute approximate surface area is 172 Å². The molecule has 2 N–H and O–H groups in total. The summed E-state index contributed by atoms with van der Waals surface area (Å²) in [5.41, 5.74) is 2.82. The molecule has 1 amide bonds. The average Bonchev–Trinajstić information content (AvgIpc) is 3.15. The van der Waals surface area contributed by atoms with Crippen molar-refractivity contribution < 1.29 is 14.1 Å². The Kier molecular flexibility index (Phi) is 5.37. The number of carbonyl (C=O) groups excluding carboxylic acids is 1. The second kappa shape index (κ2) is 7.93. The van der Waals surface area contributed by atoms with E-state index < -0.39 is 0 Å². The first-order valence-corrected chi connectivity index (χ1v) is 10.4. The van der Waals surface area contributed by atoms with E-state index in [0.717, 1.165) is 54.2 Å². The van der Waals surface area contributed by atoms with Crippen molar-refractivity contribution in [3.63, 3.8) is 0 Å². The minimum atomic E-state index is -0.274. The lowest BCUT2D eigenvalue weighted by molar-refractivity contribution is -0.898. The summed E-state index contributed by atoms with van der Waals surface area (Å²) in [7, 11) is 0. The quantitative estimate of drug-likeness (QED) is 0.650. The Morgan fingerprint density at radius 3 is 2.71 bits per heavy atom. The maximum Gasteiger partial charge on any atom is 0.291 e. The van der Waals surface area contributed by atoms with Crippen molar-refractivity contribution in [2.75, 3.05) is 42.9 Å². The second-order valence-corrected chi connectivity index (χ2v) is 7.96. The Morgan fingerprint density at radius 1 is 1.25 bits per heavy atom. The van der Waals surface area contributed by atoms with Crippen molar-refractivity contribution in [2.24, 2.45) is 0 Å². The first kappa shape index (κ1) is 19.0. The predicted octanol–water partition coefficient (Wildman–Crippen LogP) is 2.88. The number of quaternary nitrogens is 1. The normalized spacial score (nSPS) is 15.2. The number of halogens is 1. The van der Waals surface area contributed by atoms with E-state index >= 15 is 0 Å². The highest BCUT2D eigenvalue weighted by molar-refractivity contribution is 9.10. The largest absolute Gasteiger partial charge is 0.444 e. The molecule has 3 aromatic rings. The van der Waals surface area contributed by atoms with Crippen molar-refractivity contribution in [3.05, 3.63) is 52.4 Å². The van der Waals surface area contributed by atoms with Gasteiger partial charge in [-0.25, -0.2) is 4.98 Å². The van der Waals surface area contributed by atoms with Gasteiger partial charge in [0.15, 0.2) is 10.4 Å². The molecular formula is C21H24BrN4O2+. The number of nitrogens with zero attached hydrogens (tertiary/aromatic N) is 2. The molecule has 3 heterocycles. The topological polar surface area (TPSA) is 62.8 Å². The number of benzene rings is 1. The van der Waals surface area contributed by atoms with E-state index in [9.17, 15) is 4.79 Å². The third-order valence-electron chi connectivity index (χ3n) is 5.35. The predicted molar refractivity (Wildman–Crippen MR) is 114 cm³/mol. The van der Waals surface area contributed by atoms with Crippen LogP contribution in [-0.2, 0) is 0 Å². The van der Waals surface area contributed by atoms with Crippen LogP contribution in [0.1, 0.15) is 23.0 Å². The van der Waals surface area contributed by atoms with E-state index in [-0.39, 0.29) is 11.7 Å². The standard InChI is InChI=1S/C21H23BrN4O2/c1-3-25-8-10-26(11-9-25)20-12-14(2)16-13-15(4-5-17(16)24-20)23-21(27)18-6-7-19(22)28-18/h4-7,12-13H,3,8-11H2,1-2H3,(H,23,27)/p+1. The number of rotatable bonds is 4. The van der Waals surface area contributed by atoms with E-state index in [0.29, 0.717) is 4.67 Å². The highest BCUT2D eigenvalue weighted by atomic mass is 79.9. The van der Waals surface area contributed by atoms with Crippen LogP contribution in [0.15, 0.2) is 45.5 Å². The van der Waals surface area contributed by atoms with Gasteiger partial charge in [-0.15, -0.1) is 0 Å². The smallest absolute Gasteiger partial charge is 0.291 e. The number of carbonyl (C=O) groups is 1. The summed E-state index contributed by atoms with van der Waals surface area (Å²) in [6.07, 6.45) is 0. The SMILES string of the molecule is CC[NH+]1CCN(c2cc(C)c3cc(NC(=O)c4ccc(Br)o4)ccc3n2)CC1. The molecule has 0 saturated carbocycles. The van der Waals surface area contributed by atoms with Crippen LogP contribution in [0.4, 0.5) is 11.5 Å². The van der Waals surface area contributed by atoms with Gasteiger partial charge < -0.3 is 19.5 Å². The molecule has 0 spiro atoms. The molecule has 1 saturated heterocycles. The third-order valence-corrected chi connectivity index (χ3v) is 5.78. The fourth-order valence-electron chi connectivity index (χ4n) is 3.65. The maximum atomic E-state index is 12.3. The average molecular weight is 444 g/mol. The van der Waals surface area contributed by atoms with Crippen molar-refractivity contribution >= 4 is 44.2 Å². The molecule has 0 aliphatic carbocycles. The number of piperazine rings is 1. The number of likely N-dealkylation sites (N-methyl/N-ethyl adjacent to an activating group) is 1. The highest BCUT2D eigenvalue weighted by Crippen LogP contribution is 2.26. The summed E-state index contributed by atoms with van der Waals surface area (Å²) in [4.78, 5) is 21.2. The lowest BCUT2D eigenvalue weighted by Crippen LogP contribution is -3.14. The molecule has 1 aliphatic rings. The Hall–Kier alpha value is -2.38. The highest BCUT2D eigenvalue weighted by Gasteiger charge is 2.20. The number of furan rings is 1. The van der Waals surface area contributed by atoms with E-state index in [2.05, 4.69) is 46.1 Å². The molecule has 1 fully saturated rings.